The van der Waals surface area contributed by atoms with Gasteiger partial charge in [-0.15, -0.1) is 25.6 Å². The molecular formula is C12H21ClN2O. The topological polar surface area (TPSA) is 32.3 Å². The fourth-order valence-corrected chi connectivity index (χ4v) is 1.85. The first-order valence-electron chi connectivity index (χ1n) is 5.48. The summed E-state index contributed by atoms with van der Waals surface area (Å²) in [4.78, 5) is 13.7. The number of hydrogen-bond acceptors (Lipinski definition) is 2. The molecular weight excluding hydrogens is 224 g/mol. The number of carbonyl (C=O) groups is 1. The highest BCUT2D eigenvalue weighted by molar-refractivity contribution is 5.85. The minimum absolute atomic E-state index is 0. The van der Waals surface area contributed by atoms with Crippen LogP contribution in [0.4, 0.5) is 0 Å². The molecule has 1 unspecified atom stereocenters. The molecule has 3 nitrogen and oxygen atoms in total. The van der Waals surface area contributed by atoms with Gasteiger partial charge >= 0.3 is 0 Å². The molecule has 0 aromatic rings. The van der Waals surface area contributed by atoms with Crippen LogP contribution in [0.5, 0.6) is 0 Å². The third-order valence-corrected chi connectivity index (χ3v) is 2.68. The molecule has 0 bridgehead atoms. The lowest BCUT2D eigenvalue weighted by Gasteiger charge is -2.20. The second-order valence-electron chi connectivity index (χ2n) is 3.94. The number of nitrogens with zero attached hydrogens (tertiary/aromatic N) is 1. The molecule has 0 spiro atoms. The summed E-state index contributed by atoms with van der Waals surface area (Å²) in [5.41, 5.74) is 0. The largest absolute Gasteiger partial charge is 0.335 e. The zero-order chi connectivity index (χ0) is 11.1. The molecule has 0 saturated carbocycles. The fourth-order valence-electron chi connectivity index (χ4n) is 1.85. The van der Waals surface area contributed by atoms with E-state index in [4.69, 9.17) is 0 Å². The van der Waals surface area contributed by atoms with Crippen molar-refractivity contribution in [2.75, 3.05) is 26.2 Å². The van der Waals surface area contributed by atoms with E-state index < -0.39 is 0 Å². The Morgan fingerprint density at radius 2 is 2.00 bits per heavy atom. The Morgan fingerprint density at radius 1 is 1.38 bits per heavy atom. The molecule has 1 saturated heterocycles. The Hall–Kier alpha value is -0.800. The van der Waals surface area contributed by atoms with Crippen LogP contribution in [0.15, 0.2) is 25.3 Å². The molecule has 0 aromatic carbocycles. The summed E-state index contributed by atoms with van der Waals surface area (Å²) in [6.45, 7) is 10.6. The second kappa shape index (κ2) is 8.36. The first-order chi connectivity index (χ1) is 7.27. The van der Waals surface area contributed by atoms with E-state index in [0.29, 0.717) is 25.4 Å². The van der Waals surface area contributed by atoms with Crippen molar-refractivity contribution < 1.29 is 4.79 Å². The number of amides is 1. The van der Waals surface area contributed by atoms with Gasteiger partial charge in [0.2, 0.25) is 5.91 Å². The Kier molecular flexibility index (Phi) is 7.95. The van der Waals surface area contributed by atoms with Gasteiger partial charge in [-0.25, -0.2) is 0 Å². The zero-order valence-electron chi connectivity index (χ0n) is 9.65. The molecule has 1 rings (SSSR count). The minimum Gasteiger partial charge on any atom is -0.335 e. The highest BCUT2D eigenvalue weighted by atomic mass is 35.5. The van der Waals surface area contributed by atoms with Crippen molar-refractivity contribution in [1.82, 2.24) is 10.2 Å². The standard InChI is InChI=1S/C12H20N2O.ClH/c1-3-7-14(8-4-2)12(15)9-11-5-6-13-10-11;/h3-4,11,13H,1-2,5-10H2;1H. The van der Waals surface area contributed by atoms with Crippen LogP contribution in [0, 0.1) is 5.92 Å². The molecule has 1 atom stereocenters. The van der Waals surface area contributed by atoms with E-state index in [1.807, 2.05) is 0 Å². The third kappa shape index (κ3) is 4.81. The van der Waals surface area contributed by atoms with E-state index in [0.717, 1.165) is 19.5 Å². The van der Waals surface area contributed by atoms with Gasteiger partial charge in [-0.1, -0.05) is 12.2 Å². The molecule has 1 aliphatic heterocycles. The zero-order valence-corrected chi connectivity index (χ0v) is 10.5. The maximum Gasteiger partial charge on any atom is 0.223 e. The number of carbonyl (C=O) groups excluding carboxylic acids is 1. The molecule has 92 valence electrons. The summed E-state index contributed by atoms with van der Waals surface area (Å²) in [6, 6.07) is 0. The van der Waals surface area contributed by atoms with Crippen LogP contribution in [0.1, 0.15) is 12.8 Å². The lowest BCUT2D eigenvalue weighted by atomic mass is 10.0. The average Bonchev–Trinajstić information content (AvgIpc) is 2.70. The van der Waals surface area contributed by atoms with E-state index in [-0.39, 0.29) is 18.3 Å². The van der Waals surface area contributed by atoms with E-state index in [9.17, 15) is 4.79 Å². The maximum absolute atomic E-state index is 11.9. The van der Waals surface area contributed by atoms with E-state index >= 15 is 0 Å². The predicted octanol–water partition coefficient (Wildman–Crippen LogP) is 1.61. The van der Waals surface area contributed by atoms with E-state index in [1.165, 1.54) is 0 Å². The molecule has 1 aliphatic rings. The molecule has 0 aliphatic carbocycles. The Bertz CT molecular complexity index is 227. The molecule has 1 amide bonds. The van der Waals surface area contributed by atoms with Gasteiger partial charge in [-0.3, -0.25) is 4.79 Å². The van der Waals surface area contributed by atoms with Crippen molar-refractivity contribution in [3.05, 3.63) is 25.3 Å². The van der Waals surface area contributed by atoms with Crippen LogP contribution >= 0.6 is 12.4 Å². The Morgan fingerprint density at radius 3 is 2.44 bits per heavy atom. The SMILES string of the molecule is C=CCN(CC=C)C(=O)CC1CCNC1.Cl. The van der Waals surface area contributed by atoms with Crippen molar-refractivity contribution in [2.24, 2.45) is 5.92 Å². The average molecular weight is 245 g/mol. The molecule has 0 radical (unpaired) electrons. The van der Waals surface area contributed by atoms with Crippen LogP contribution in [0.2, 0.25) is 0 Å². The van der Waals surface area contributed by atoms with Crippen LogP contribution in [0.3, 0.4) is 0 Å². The summed E-state index contributed by atoms with van der Waals surface area (Å²) in [7, 11) is 0. The van der Waals surface area contributed by atoms with Crippen LogP contribution in [0.25, 0.3) is 0 Å². The maximum atomic E-state index is 11.9. The molecule has 1 fully saturated rings. The highest BCUT2D eigenvalue weighted by Crippen LogP contribution is 2.13. The number of halogens is 1. The van der Waals surface area contributed by atoms with Gasteiger partial charge in [-0.05, 0) is 25.4 Å². The normalized spacial score (nSPS) is 18.6. The van der Waals surface area contributed by atoms with Crippen LogP contribution < -0.4 is 5.32 Å². The lowest BCUT2D eigenvalue weighted by Crippen LogP contribution is -2.32. The fraction of sp³-hybridized carbons (Fsp3) is 0.583. The summed E-state index contributed by atoms with van der Waals surface area (Å²) < 4.78 is 0. The van der Waals surface area contributed by atoms with Gasteiger partial charge in [0.1, 0.15) is 0 Å². The van der Waals surface area contributed by atoms with Gasteiger partial charge in [0.05, 0.1) is 0 Å². The van der Waals surface area contributed by atoms with Crippen LogP contribution in [-0.2, 0) is 4.79 Å². The van der Waals surface area contributed by atoms with Gasteiger partial charge in [0.15, 0.2) is 0 Å². The van der Waals surface area contributed by atoms with Crippen molar-refractivity contribution >= 4 is 18.3 Å². The molecule has 16 heavy (non-hydrogen) atoms. The van der Waals surface area contributed by atoms with Crippen molar-refractivity contribution in [3.63, 3.8) is 0 Å². The quantitative estimate of drug-likeness (QED) is 0.720. The number of nitrogens with one attached hydrogen (secondary N) is 1. The Balaban J connectivity index is 0.00000225. The lowest BCUT2D eigenvalue weighted by molar-refractivity contribution is -0.131. The number of rotatable bonds is 6. The van der Waals surface area contributed by atoms with Gasteiger partial charge in [0, 0.05) is 19.5 Å². The van der Waals surface area contributed by atoms with Gasteiger partial charge in [0.25, 0.3) is 0 Å². The minimum atomic E-state index is 0. The van der Waals surface area contributed by atoms with E-state index in [2.05, 4.69) is 18.5 Å². The number of hydrogen-bond donors (Lipinski definition) is 1. The summed E-state index contributed by atoms with van der Waals surface area (Å²) in [6.07, 6.45) is 5.28. The molecule has 0 aromatic heterocycles. The smallest absolute Gasteiger partial charge is 0.223 e. The molecule has 4 heteroatoms. The summed E-state index contributed by atoms with van der Waals surface area (Å²) in [5.74, 6) is 0.720. The summed E-state index contributed by atoms with van der Waals surface area (Å²) >= 11 is 0. The monoisotopic (exact) mass is 244 g/mol. The van der Waals surface area contributed by atoms with E-state index in [1.54, 1.807) is 17.1 Å². The van der Waals surface area contributed by atoms with Crippen molar-refractivity contribution in [2.45, 2.75) is 12.8 Å². The first kappa shape index (κ1) is 15.2. The van der Waals surface area contributed by atoms with Crippen molar-refractivity contribution in [1.29, 1.82) is 0 Å². The van der Waals surface area contributed by atoms with Gasteiger partial charge in [-0.2, -0.15) is 0 Å². The molecule has 1 N–H and O–H groups in total. The van der Waals surface area contributed by atoms with Gasteiger partial charge < -0.3 is 10.2 Å². The second-order valence-corrected chi connectivity index (χ2v) is 3.94. The van der Waals surface area contributed by atoms with Crippen LogP contribution in [-0.4, -0.2) is 37.0 Å². The summed E-state index contributed by atoms with van der Waals surface area (Å²) in [5, 5.41) is 3.27. The van der Waals surface area contributed by atoms with Crippen molar-refractivity contribution in [3.8, 4) is 0 Å². The molecule has 1 heterocycles. The predicted molar refractivity (Wildman–Crippen MR) is 69.8 cm³/mol. The first-order valence-corrected chi connectivity index (χ1v) is 5.48. The Labute approximate surface area is 104 Å². The third-order valence-electron chi connectivity index (χ3n) is 2.68. The highest BCUT2D eigenvalue weighted by Gasteiger charge is 2.20.